The van der Waals surface area contributed by atoms with E-state index in [9.17, 15) is 4.79 Å². The fraction of sp³-hybridized carbons (Fsp3) is 0. The average molecular weight is 283 g/mol. The monoisotopic (exact) mass is 282 g/mol. The molecular formula is C10H7BrN2OS. The molecule has 0 spiro atoms. The van der Waals surface area contributed by atoms with Crippen molar-refractivity contribution in [3.63, 3.8) is 0 Å². The van der Waals surface area contributed by atoms with Crippen molar-refractivity contribution >= 4 is 33.2 Å². The maximum Gasteiger partial charge on any atom is 0.277 e. The highest BCUT2D eigenvalue weighted by molar-refractivity contribution is 9.10. The molecule has 0 aliphatic rings. The van der Waals surface area contributed by atoms with Gasteiger partial charge in [0.1, 0.15) is 4.60 Å². The van der Waals surface area contributed by atoms with Gasteiger partial charge in [-0.2, -0.15) is 0 Å². The summed E-state index contributed by atoms with van der Waals surface area (Å²) in [6, 6.07) is 9.73. The van der Waals surface area contributed by atoms with Crippen LogP contribution in [0.15, 0.2) is 34.9 Å². The van der Waals surface area contributed by atoms with Crippen LogP contribution in [0.25, 0.3) is 10.4 Å². The second-order valence-corrected chi connectivity index (χ2v) is 4.62. The van der Waals surface area contributed by atoms with Crippen LogP contribution in [0.2, 0.25) is 0 Å². The second kappa shape index (κ2) is 4.12. The Hall–Kier alpha value is -1.20. The molecule has 1 heterocycles. The quantitative estimate of drug-likeness (QED) is 0.921. The highest BCUT2D eigenvalue weighted by atomic mass is 79.9. The number of halogens is 1. The van der Waals surface area contributed by atoms with Gasteiger partial charge in [0, 0.05) is 0 Å². The molecule has 1 aromatic heterocycles. The van der Waals surface area contributed by atoms with E-state index in [1.165, 1.54) is 11.3 Å². The van der Waals surface area contributed by atoms with Gasteiger partial charge in [0.25, 0.3) is 5.91 Å². The van der Waals surface area contributed by atoms with E-state index in [1.54, 1.807) is 0 Å². The molecule has 1 amide bonds. The Kier molecular flexibility index (Phi) is 2.83. The first-order valence-electron chi connectivity index (χ1n) is 4.20. The lowest BCUT2D eigenvalue weighted by Gasteiger charge is -1.95. The maximum absolute atomic E-state index is 10.9. The molecule has 5 heteroatoms. The summed E-state index contributed by atoms with van der Waals surface area (Å²) in [5.74, 6) is -0.497. The van der Waals surface area contributed by atoms with Crippen LogP contribution < -0.4 is 5.73 Å². The van der Waals surface area contributed by atoms with E-state index >= 15 is 0 Å². The highest BCUT2D eigenvalue weighted by Gasteiger charge is 2.13. The minimum Gasteiger partial charge on any atom is -0.364 e. The van der Waals surface area contributed by atoms with Gasteiger partial charge in [0.05, 0.1) is 4.88 Å². The van der Waals surface area contributed by atoms with Crippen molar-refractivity contribution in [1.29, 1.82) is 0 Å². The number of nitrogens with zero attached hydrogens (tertiary/aromatic N) is 1. The Bertz CT molecular complexity index is 495. The van der Waals surface area contributed by atoms with Crippen LogP contribution in [-0.4, -0.2) is 10.9 Å². The van der Waals surface area contributed by atoms with E-state index in [0.29, 0.717) is 9.61 Å². The largest absolute Gasteiger partial charge is 0.364 e. The SMILES string of the molecule is NC(=O)c1nc(Br)c(-c2ccccc2)s1. The molecule has 0 atom stereocenters. The number of hydrogen-bond donors (Lipinski definition) is 1. The molecule has 1 aromatic carbocycles. The van der Waals surface area contributed by atoms with Crippen LogP contribution >= 0.6 is 27.3 Å². The van der Waals surface area contributed by atoms with Crippen LogP contribution in [0.4, 0.5) is 0 Å². The summed E-state index contributed by atoms with van der Waals surface area (Å²) in [6.45, 7) is 0. The topological polar surface area (TPSA) is 56.0 Å². The Morgan fingerprint density at radius 1 is 1.33 bits per heavy atom. The number of primary amides is 1. The van der Waals surface area contributed by atoms with Crippen LogP contribution in [0.5, 0.6) is 0 Å². The van der Waals surface area contributed by atoms with Crippen molar-refractivity contribution in [3.8, 4) is 10.4 Å². The molecule has 0 radical (unpaired) electrons. The van der Waals surface area contributed by atoms with Gasteiger partial charge in [-0.05, 0) is 21.5 Å². The van der Waals surface area contributed by atoms with Crippen LogP contribution in [0, 0.1) is 0 Å². The van der Waals surface area contributed by atoms with Gasteiger partial charge in [-0.15, -0.1) is 11.3 Å². The summed E-state index contributed by atoms with van der Waals surface area (Å²) in [4.78, 5) is 15.9. The molecule has 0 aliphatic carbocycles. The summed E-state index contributed by atoms with van der Waals surface area (Å²) in [5, 5.41) is 0.320. The van der Waals surface area contributed by atoms with Crippen molar-refractivity contribution in [1.82, 2.24) is 4.98 Å². The Morgan fingerprint density at radius 2 is 2.00 bits per heavy atom. The molecular weight excluding hydrogens is 276 g/mol. The summed E-state index contributed by atoms with van der Waals surface area (Å²) in [6.07, 6.45) is 0. The molecule has 0 aliphatic heterocycles. The fourth-order valence-corrected chi connectivity index (χ4v) is 2.76. The lowest BCUT2D eigenvalue weighted by Crippen LogP contribution is -2.09. The number of hydrogen-bond acceptors (Lipinski definition) is 3. The molecule has 2 rings (SSSR count). The van der Waals surface area contributed by atoms with E-state index in [1.807, 2.05) is 30.3 Å². The standard InChI is InChI=1S/C10H7BrN2OS/c11-8-7(6-4-2-1-3-5-6)15-10(13-8)9(12)14/h1-5H,(H2,12,14). The molecule has 15 heavy (non-hydrogen) atoms. The summed E-state index contributed by atoms with van der Waals surface area (Å²) < 4.78 is 0.660. The predicted octanol–water partition coefficient (Wildman–Crippen LogP) is 2.67. The van der Waals surface area contributed by atoms with E-state index < -0.39 is 5.91 Å². The summed E-state index contributed by atoms with van der Waals surface area (Å²) >= 11 is 4.60. The first-order valence-corrected chi connectivity index (χ1v) is 5.81. The molecule has 2 aromatic rings. The van der Waals surface area contributed by atoms with Gasteiger partial charge in [0.2, 0.25) is 0 Å². The third kappa shape index (κ3) is 2.08. The van der Waals surface area contributed by atoms with Gasteiger partial charge in [-0.25, -0.2) is 4.98 Å². The average Bonchev–Trinajstić information content (AvgIpc) is 2.62. The van der Waals surface area contributed by atoms with Gasteiger partial charge in [-0.1, -0.05) is 30.3 Å². The van der Waals surface area contributed by atoms with Crippen LogP contribution in [0.1, 0.15) is 9.80 Å². The van der Waals surface area contributed by atoms with Gasteiger partial charge in [-0.3, -0.25) is 4.79 Å². The minimum absolute atomic E-state index is 0.320. The van der Waals surface area contributed by atoms with Crippen molar-refractivity contribution < 1.29 is 4.79 Å². The lowest BCUT2D eigenvalue weighted by atomic mass is 10.2. The number of thiazole rings is 1. The maximum atomic E-state index is 10.9. The Labute approximate surface area is 99.1 Å². The van der Waals surface area contributed by atoms with Crippen LogP contribution in [0.3, 0.4) is 0 Å². The number of nitrogens with two attached hydrogens (primary N) is 1. The van der Waals surface area contributed by atoms with Crippen molar-refractivity contribution in [2.75, 3.05) is 0 Å². The highest BCUT2D eigenvalue weighted by Crippen LogP contribution is 2.33. The first kappa shape index (κ1) is 10.3. The molecule has 0 unspecified atom stereocenters. The van der Waals surface area contributed by atoms with E-state index in [2.05, 4.69) is 20.9 Å². The Balaban J connectivity index is 2.50. The zero-order valence-corrected chi connectivity index (χ0v) is 10.0. The molecule has 0 bridgehead atoms. The minimum atomic E-state index is -0.497. The number of rotatable bonds is 2. The van der Waals surface area contributed by atoms with Gasteiger partial charge < -0.3 is 5.73 Å². The van der Waals surface area contributed by atoms with E-state index in [4.69, 9.17) is 5.73 Å². The van der Waals surface area contributed by atoms with E-state index in [-0.39, 0.29) is 0 Å². The number of amides is 1. The number of carbonyl (C=O) groups excluding carboxylic acids is 1. The molecule has 0 fully saturated rings. The van der Waals surface area contributed by atoms with Crippen molar-refractivity contribution in [2.24, 2.45) is 5.73 Å². The van der Waals surface area contributed by atoms with Crippen molar-refractivity contribution in [3.05, 3.63) is 39.9 Å². The summed E-state index contributed by atoms with van der Waals surface area (Å²) in [7, 11) is 0. The number of aromatic nitrogens is 1. The Morgan fingerprint density at radius 3 is 2.53 bits per heavy atom. The molecule has 76 valence electrons. The van der Waals surface area contributed by atoms with Crippen molar-refractivity contribution in [2.45, 2.75) is 0 Å². The van der Waals surface area contributed by atoms with E-state index in [0.717, 1.165) is 10.4 Å². The molecule has 2 N–H and O–H groups in total. The predicted molar refractivity (Wildman–Crippen MR) is 63.8 cm³/mol. The third-order valence-electron chi connectivity index (χ3n) is 1.83. The molecule has 3 nitrogen and oxygen atoms in total. The normalized spacial score (nSPS) is 10.2. The zero-order valence-electron chi connectivity index (χ0n) is 7.61. The summed E-state index contributed by atoms with van der Waals surface area (Å²) in [5.41, 5.74) is 6.18. The molecule has 0 saturated heterocycles. The first-order chi connectivity index (χ1) is 7.18. The van der Waals surface area contributed by atoms with Gasteiger partial charge >= 0.3 is 0 Å². The smallest absolute Gasteiger partial charge is 0.277 e. The molecule has 0 saturated carbocycles. The second-order valence-electron chi connectivity index (χ2n) is 2.87. The zero-order chi connectivity index (χ0) is 10.8. The lowest BCUT2D eigenvalue weighted by molar-refractivity contribution is 0.1000. The van der Waals surface area contributed by atoms with Gasteiger partial charge in [0.15, 0.2) is 5.01 Å². The van der Waals surface area contributed by atoms with Crippen LogP contribution in [-0.2, 0) is 0 Å². The third-order valence-corrected chi connectivity index (χ3v) is 3.79. The fourth-order valence-electron chi connectivity index (χ4n) is 1.17. The number of benzene rings is 1. The number of carbonyl (C=O) groups is 1.